The number of carbonyl (C=O) groups excluding carboxylic acids is 3. The third kappa shape index (κ3) is 4.93. The maximum atomic E-state index is 14.3. The summed E-state index contributed by atoms with van der Waals surface area (Å²) in [6, 6.07) is -1.22. The highest BCUT2D eigenvalue weighted by atomic mass is 79.9. The van der Waals surface area contributed by atoms with E-state index in [1.165, 1.54) is 0 Å². The molecule has 3 aliphatic rings. The zero-order valence-electron chi connectivity index (χ0n) is 21.5. The topological polar surface area (TPSA) is 87.2 Å². The summed E-state index contributed by atoms with van der Waals surface area (Å²) in [4.78, 5) is 45.1. The first-order valence-corrected chi connectivity index (χ1v) is 14.8. The normalized spacial score (nSPS) is 32.9. The lowest BCUT2D eigenvalue weighted by molar-refractivity contribution is -0.154. The number of ether oxygens (including phenoxy) is 1. The van der Waals surface area contributed by atoms with Crippen LogP contribution in [0.25, 0.3) is 0 Å². The van der Waals surface area contributed by atoms with Crippen molar-refractivity contribution in [2.45, 2.75) is 86.7 Å². The van der Waals surface area contributed by atoms with Gasteiger partial charge in [-0.25, -0.2) is 0 Å². The van der Waals surface area contributed by atoms with Gasteiger partial charge in [-0.1, -0.05) is 62.0 Å². The Morgan fingerprint density at radius 1 is 1.37 bits per heavy atom. The van der Waals surface area contributed by atoms with Gasteiger partial charge in [-0.2, -0.15) is 0 Å². The van der Waals surface area contributed by atoms with Crippen LogP contribution in [0.1, 0.15) is 59.8 Å². The number of likely N-dealkylation sites (tertiary alicyclic amines) is 1. The first-order valence-electron chi connectivity index (χ1n) is 13.0. The highest BCUT2D eigenvalue weighted by Gasteiger charge is 2.76. The third-order valence-electron chi connectivity index (χ3n) is 8.06. The molecule has 0 aliphatic carbocycles. The largest absolute Gasteiger partial charge is 0.466 e. The van der Waals surface area contributed by atoms with E-state index < -0.39 is 28.7 Å². The molecule has 0 radical (unpaired) electrons. The number of fused-ring (bicyclic) bond motifs is 1. The smallest absolute Gasteiger partial charge is 0.310 e. The molecule has 0 aromatic carbocycles. The van der Waals surface area contributed by atoms with Crippen molar-refractivity contribution in [1.82, 2.24) is 9.80 Å². The van der Waals surface area contributed by atoms with E-state index in [1.807, 2.05) is 18.7 Å². The number of amides is 2. The van der Waals surface area contributed by atoms with Gasteiger partial charge in [0.25, 0.3) is 0 Å². The minimum absolute atomic E-state index is 0.00493. The highest BCUT2D eigenvalue weighted by molar-refractivity contribution is 9.09. The molecule has 0 aromatic rings. The first kappa shape index (κ1) is 28.5. The highest BCUT2D eigenvalue weighted by Crippen LogP contribution is 2.68. The Kier molecular flexibility index (Phi) is 9.77. The second-order valence-corrected chi connectivity index (χ2v) is 12.8. The number of aliphatic hydroxyl groups excluding tert-OH is 1. The number of unbranched alkanes of at least 4 members (excludes halogenated alkanes) is 2. The molecule has 1 N–H and O–H groups in total. The molecule has 3 unspecified atom stereocenters. The van der Waals surface area contributed by atoms with Crippen LogP contribution in [0, 0.1) is 17.8 Å². The lowest BCUT2D eigenvalue weighted by Crippen LogP contribution is -2.59. The molecule has 2 bridgehead atoms. The van der Waals surface area contributed by atoms with Crippen LogP contribution in [0.5, 0.6) is 0 Å². The summed E-state index contributed by atoms with van der Waals surface area (Å²) in [5.74, 6) is -1.88. The van der Waals surface area contributed by atoms with Crippen molar-refractivity contribution < 1.29 is 24.2 Å². The number of nitrogens with zero attached hydrogens (tertiary/aromatic N) is 2. The fourth-order valence-electron chi connectivity index (χ4n) is 6.20. The maximum absolute atomic E-state index is 14.3. The predicted octanol–water partition coefficient (Wildman–Crippen LogP) is 3.63. The summed E-state index contributed by atoms with van der Waals surface area (Å²) in [5.41, 5.74) is 0. The standard InChI is InChI=1S/C26H41BrN2O5S/c1-6-10-11-13-28(12-7-2)24(32)22-26-14-17(27)21(35-26)19(25(33)34-9-4)20(26)23(31)29(22)18(15-30)16(5)8-3/h7,16-22,30H,2,6,8-15H2,1,3-5H3/t16-,17?,18-,19-,20-,21-,22?,26?/m0/s1. The molecular formula is C26H41BrN2O5S. The van der Waals surface area contributed by atoms with Gasteiger partial charge in [0.05, 0.1) is 35.8 Å². The van der Waals surface area contributed by atoms with Gasteiger partial charge in [0.2, 0.25) is 11.8 Å². The summed E-state index contributed by atoms with van der Waals surface area (Å²) >= 11 is 5.38. The van der Waals surface area contributed by atoms with Gasteiger partial charge in [0.15, 0.2) is 0 Å². The van der Waals surface area contributed by atoms with Crippen LogP contribution >= 0.6 is 27.7 Å². The van der Waals surface area contributed by atoms with Crippen LogP contribution in [0.2, 0.25) is 0 Å². The average molecular weight is 574 g/mol. The molecule has 3 fully saturated rings. The Morgan fingerprint density at radius 3 is 2.66 bits per heavy atom. The third-order valence-corrected chi connectivity index (χ3v) is 11.3. The van der Waals surface area contributed by atoms with Gasteiger partial charge < -0.3 is 19.6 Å². The van der Waals surface area contributed by atoms with E-state index in [2.05, 4.69) is 29.4 Å². The van der Waals surface area contributed by atoms with Crippen LogP contribution in [-0.4, -0.2) is 85.9 Å². The number of halogens is 1. The molecule has 3 heterocycles. The molecule has 3 rings (SSSR count). The molecule has 2 amide bonds. The molecule has 1 spiro atoms. The van der Waals surface area contributed by atoms with E-state index in [0.717, 1.165) is 25.7 Å². The summed E-state index contributed by atoms with van der Waals surface area (Å²) in [7, 11) is 0. The van der Waals surface area contributed by atoms with E-state index in [-0.39, 0.29) is 47.0 Å². The van der Waals surface area contributed by atoms with Crippen molar-refractivity contribution >= 4 is 45.5 Å². The predicted molar refractivity (Wildman–Crippen MR) is 142 cm³/mol. The lowest BCUT2D eigenvalue weighted by atomic mass is 9.71. The van der Waals surface area contributed by atoms with Gasteiger partial charge in [-0.15, -0.1) is 18.3 Å². The van der Waals surface area contributed by atoms with Crippen molar-refractivity contribution in [3.63, 3.8) is 0 Å². The van der Waals surface area contributed by atoms with E-state index in [1.54, 1.807) is 29.7 Å². The van der Waals surface area contributed by atoms with Crippen LogP contribution in [0.4, 0.5) is 0 Å². The maximum Gasteiger partial charge on any atom is 0.310 e. The van der Waals surface area contributed by atoms with Crippen molar-refractivity contribution in [3.8, 4) is 0 Å². The van der Waals surface area contributed by atoms with Crippen LogP contribution in [0.3, 0.4) is 0 Å². The lowest BCUT2D eigenvalue weighted by Gasteiger charge is -2.41. The average Bonchev–Trinajstić information content (AvgIpc) is 3.42. The monoisotopic (exact) mass is 572 g/mol. The number of alkyl halides is 1. The Labute approximate surface area is 222 Å². The SMILES string of the molecule is C=CCN(CCCCC)C(=O)C1N([C@@H](CO)[C@@H](C)CC)C(=O)[C@@H]2[C@H](C(=O)OCC)[C@H]3SC12CC3Br. The fraction of sp³-hybridized carbons (Fsp3) is 0.808. The molecular weight excluding hydrogens is 532 g/mol. The summed E-state index contributed by atoms with van der Waals surface area (Å²) < 4.78 is 4.69. The minimum Gasteiger partial charge on any atom is -0.466 e. The van der Waals surface area contributed by atoms with Crippen molar-refractivity contribution in [2.24, 2.45) is 17.8 Å². The number of aliphatic hydroxyl groups is 1. The van der Waals surface area contributed by atoms with Crippen LogP contribution in [-0.2, 0) is 19.1 Å². The number of carbonyl (C=O) groups is 3. The molecule has 0 saturated carbocycles. The Balaban J connectivity index is 2.10. The molecule has 198 valence electrons. The number of hydrogen-bond acceptors (Lipinski definition) is 6. The van der Waals surface area contributed by atoms with Gasteiger partial charge in [0, 0.05) is 23.2 Å². The fourth-order valence-corrected chi connectivity index (χ4v) is 9.78. The Morgan fingerprint density at radius 2 is 2.09 bits per heavy atom. The Hall–Kier alpha value is -1.06. The summed E-state index contributed by atoms with van der Waals surface area (Å²) in [6.07, 6.45) is 6.05. The second kappa shape index (κ2) is 12.0. The van der Waals surface area contributed by atoms with Gasteiger partial charge in [-0.3, -0.25) is 14.4 Å². The molecule has 3 saturated heterocycles. The van der Waals surface area contributed by atoms with Gasteiger partial charge in [0.1, 0.15) is 6.04 Å². The molecule has 0 aromatic heterocycles. The van der Waals surface area contributed by atoms with Crippen LogP contribution in [0.15, 0.2) is 12.7 Å². The van der Waals surface area contributed by atoms with E-state index in [4.69, 9.17) is 4.74 Å². The number of rotatable bonds is 13. The van der Waals surface area contributed by atoms with Gasteiger partial charge in [-0.05, 0) is 25.7 Å². The zero-order valence-corrected chi connectivity index (χ0v) is 23.9. The molecule has 7 nitrogen and oxygen atoms in total. The van der Waals surface area contributed by atoms with Gasteiger partial charge >= 0.3 is 5.97 Å². The number of hydrogen-bond donors (Lipinski definition) is 1. The van der Waals surface area contributed by atoms with Crippen LogP contribution < -0.4 is 0 Å². The minimum atomic E-state index is -0.734. The number of thioether (sulfide) groups is 1. The Bertz CT molecular complexity index is 813. The quantitative estimate of drug-likeness (QED) is 0.157. The van der Waals surface area contributed by atoms with Crippen molar-refractivity contribution in [3.05, 3.63) is 12.7 Å². The van der Waals surface area contributed by atoms with E-state index in [9.17, 15) is 19.5 Å². The van der Waals surface area contributed by atoms with Crippen molar-refractivity contribution in [2.75, 3.05) is 26.3 Å². The van der Waals surface area contributed by atoms with Crippen molar-refractivity contribution in [1.29, 1.82) is 0 Å². The molecule has 3 aliphatic heterocycles. The second-order valence-electron chi connectivity index (χ2n) is 10.1. The summed E-state index contributed by atoms with van der Waals surface area (Å²) in [6.45, 7) is 12.8. The van der Waals surface area contributed by atoms with E-state index >= 15 is 0 Å². The summed E-state index contributed by atoms with van der Waals surface area (Å²) in [5, 5.41) is 10.3. The first-order chi connectivity index (χ1) is 16.7. The zero-order chi connectivity index (χ0) is 25.9. The molecule has 8 atom stereocenters. The number of esters is 1. The van der Waals surface area contributed by atoms with E-state index in [0.29, 0.717) is 19.5 Å². The molecule has 35 heavy (non-hydrogen) atoms. The molecule has 9 heteroatoms.